The SMILES string of the molecule is COC(=C1CCC1)C1C(CCC[B]OC(C)(C)C(C)(C)S)[C@@H](N)CN1C(=O)OC(C)(C)C. The Bertz CT molecular complexity index is 678. The minimum atomic E-state index is -0.555. The van der Waals surface area contributed by atoms with Crippen molar-refractivity contribution in [2.75, 3.05) is 13.7 Å². The largest absolute Gasteiger partial charge is 0.499 e. The number of allylic oxidation sites excluding steroid dienone is 1. The number of methoxy groups -OCH3 is 1. The van der Waals surface area contributed by atoms with Crippen molar-refractivity contribution in [3.8, 4) is 0 Å². The third-order valence-electron chi connectivity index (χ3n) is 6.83. The Morgan fingerprint density at radius 1 is 1.19 bits per heavy atom. The molecule has 1 heterocycles. The summed E-state index contributed by atoms with van der Waals surface area (Å²) in [4.78, 5) is 14.8. The van der Waals surface area contributed by atoms with E-state index in [1.807, 2.05) is 42.1 Å². The van der Waals surface area contributed by atoms with Crippen LogP contribution in [-0.4, -0.2) is 60.2 Å². The minimum absolute atomic E-state index is 0.118. The van der Waals surface area contributed by atoms with Crippen LogP contribution in [0.15, 0.2) is 11.3 Å². The van der Waals surface area contributed by atoms with Crippen LogP contribution in [0, 0.1) is 5.92 Å². The number of nitrogens with two attached hydrogens (primary N) is 1. The van der Waals surface area contributed by atoms with Gasteiger partial charge in [0.1, 0.15) is 11.4 Å². The first-order chi connectivity index (χ1) is 14.7. The predicted octanol–water partition coefficient (Wildman–Crippen LogP) is 4.95. The van der Waals surface area contributed by atoms with Gasteiger partial charge in [0, 0.05) is 23.3 Å². The number of likely N-dealkylation sites (tertiary alicyclic amines) is 1. The van der Waals surface area contributed by atoms with Crippen LogP contribution in [0.5, 0.6) is 0 Å². The molecular formula is C24H44BN2O4S. The average molecular weight is 468 g/mol. The van der Waals surface area contributed by atoms with Crippen LogP contribution in [0.25, 0.3) is 0 Å². The van der Waals surface area contributed by atoms with Gasteiger partial charge in [-0.1, -0.05) is 12.7 Å². The van der Waals surface area contributed by atoms with Crippen LogP contribution < -0.4 is 5.73 Å². The molecule has 2 aliphatic rings. The van der Waals surface area contributed by atoms with Gasteiger partial charge in [0.15, 0.2) is 0 Å². The molecule has 3 atom stereocenters. The van der Waals surface area contributed by atoms with Crippen molar-refractivity contribution in [2.24, 2.45) is 11.7 Å². The van der Waals surface area contributed by atoms with Crippen molar-refractivity contribution in [3.63, 3.8) is 0 Å². The lowest BCUT2D eigenvalue weighted by Crippen LogP contribution is -2.44. The summed E-state index contributed by atoms with van der Waals surface area (Å²) in [6, 6.07) is -0.291. The fourth-order valence-corrected chi connectivity index (χ4v) is 4.13. The smallest absolute Gasteiger partial charge is 0.410 e. The number of nitrogens with zero attached hydrogens (tertiary/aromatic N) is 1. The summed E-state index contributed by atoms with van der Waals surface area (Å²) in [5, 5.41) is 0. The molecule has 0 aromatic rings. The Morgan fingerprint density at radius 3 is 2.28 bits per heavy atom. The van der Waals surface area contributed by atoms with E-state index in [0.29, 0.717) is 6.54 Å². The Labute approximate surface area is 201 Å². The van der Waals surface area contributed by atoms with E-state index in [9.17, 15) is 4.79 Å². The highest BCUT2D eigenvalue weighted by Crippen LogP contribution is 2.40. The number of rotatable bonds is 9. The van der Waals surface area contributed by atoms with Crippen molar-refractivity contribution in [1.82, 2.24) is 4.90 Å². The van der Waals surface area contributed by atoms with Gasteiger partial charge in [0.2, 0.25) is 0 Å². The lowest BCUT2D eigenvalue weighted by molar-refractivity contribution is 0.0184. The topological polar surface area (TPSA) is 74.0 Å². The van der Waals surface area contributed by atoms with Crippen LogP contribution in [0.4, 0.5) is 4.79 Å². The number of carbonyl (C=O) groups excluding carboxylic acids is 1. The summed E-state index contributed by atoms with van der Waals surface area (Å²) < 4.78 is 17.3. The van der Waals surface area contributed by atoms with E-state index >= 15 is 0 Å². The Hall–Kier alpha value is -0.855. The van der Waals surface area contributed by atoms with Gasteiger partial charge in [-0.25, -0.2) is 4.79 Å². The average Bonchev–Trinajstić information content (AvgIpc) is 2.91. The second-order valence-corrected chi connectivity index (χ2v) is 12.3. The molecule has 1 radical (unpaired) electrons. The minimum Gasteiger partial charge on any atom is -0.499 e. The molecule has 0 aromatic heterocycles. The van der Waals surface area contributed by atoms with E-state index in [0.717, 1.165) is 37.8 Å². The van der Waals surface area contributed by atoms with Crippen molar-refractivity contribution in [1.29, 1.82) is 0 Å². The van der Waals surface area contributed by atoms with Crippen molar-refractivity contribution in [3.05, 3.63) is 11.3 Å². The summed E-state index contributed by atoms with van der Waals surface area (Å²) in [7, 11) is 3.60. The summed E-state index contributed by atoms with van der Waals surface area (Å²) in [6.07, 6.45) is 5.53. The van der Waals surface area contributed by atoms with Gasteiger partial charge in [0.25, 0.3) is 7.48 Å². The quantitative estimate of drug-likeness (QED) is 0.217. The first-order valence-corrected chi connectivity index (χ1v) is 12.4. The standard InChI is InChI=1S/C24H44BN2O4S/c1-22(2,3)30-21(28)27-15-18(26)17(19(27)20(29-8)16-11-9-12-16)13-10-14-25-31-23(4,5)24(6,7)32/h17-19,32H,9-15,26H2,1-8H3/t17?,18-,19?/m0/s1. The van der Waals surface area contributed by atoms with Gasteiger partial charge in [-0.05, 0) is 79.7 Å². The molecule has 183 valence electrons. The van der Waals surface area contributed by atoms with Crippen molar-refractivity contribution >= 4 is 26.2 Å². The highest BCUT2D eigenvalue weighted by molar-refractivity contribution is 7.81. The van der Waals surface area contributed by atoms with E-state index in [1.165, 1.54) is 12.0 Å². The summed E-state index contributed by atoms with van der Waals surface area (Å²) in [5.41, 5.74) is 6.96. The van der Waals surface area contributed by atoms with E-state index in [2.05, 4.69) is 26.5 Å². The van der Waals surface area contributed by atoms with Crippen LogP contribution in [0.2, 0.25) is 6.32 Å². The molecule has 1 aliphatic heterocycles. The van der Waals surface area contributed by atoms with E-state index in [1.54, 1.807) is 12.0 Å². The molecule has 0 spiro atoms. The third-order valence-corrected chi connectivity index (χ3v) is 7.37. The number of carbonyl (C=O) groups is 1. The van der Waals surface area contributed by atoms with E-state index < -0.39 is 5.60 Å². The predicted molar refractivity (Wildman–Crippen MR) is 134 cm³/mol. The van der Waals surface area contributed by atoms with Gasteiger partial charge in [-0.2, -0.15) is 12.6 Å². The molecule has 1 amide bonds. The maximum absolute atomic E-state index is 13.0. The molecule has 32 heavy (non-hydrogen) atoms. The van der Waals surface area contributed by atoms with Gasteiger partial charge >= 0.3 is 6.09 Å². The fourth-order valence-electron chi connectivity index (χ4n) is 4.08. The van der Waals surface area contributed by atoms with Crippen molar-refractivity contribution < 1.29 is 18.9 Å². The zero-order valence-electron chi connectivity index (χ0n) is 21.4. The molecule has 1 aliphatic carbocycles. The zero-order chi connectivity index (χ0) is 24.3. The number of amides is 1. The fraction of sp³-hybridized carbons (Fsp3) is 0.875. The summed E-state index contributed by atoms with van der Waals surface area (Å²) >= 11 is 4.65. The lowest BCUT2D eigenvalue weighted by Gasteiger charge is -2.38. The second-order valence-electron chi connectivity index (χ2n) is 11.2. The first kappa shape index (κ1) is 27.4. The Balaban J connectivity index is 2.08. The van der Waals surface area contributed by atoms with Crippen molar-refractivity contribution in [2.45, 2.75) is 115 Å². The molecular weight excluding hydrogens is 423 g/mol. The maximum Gasteiger partial charge on any atom is 0.410 e. The molecule has 1 saturated carbocycles. The van der Waals surface area contributed by atoms with Gasteiger partial charge < -0.3 is 19.9 Å². The van der Waals surface area contributed by atoms with Crippen LogP contribution in [0.3, 0.4) is 0 Å². The molecule has 8 heteroatoms. The normalized spacial score (nSPS) is 24.2. The van der Waals surface area contributed by atoms with Crippen LogP contribution in [-0.2, 0) is 14.1 Å². The zero-order valence-corrected chi connectivity index (χ0v) is 22.3. The van der Waals surface area contributed by atoms with Crippen LogP contribution >= 0.6 is 12.6 Å². The molecule has 2 N–H and O–H groups in total. The first-order valence-electron chi connectivity index (χ1n) is 11.9. The molecule has 2 rings (SSSR count). The van der Waals surface area contributed by atoms with E-state index in [4.69, 9.17) is 19.9 Å². The van der Waals surface area contributed by atoms with Gasteiger partial charge in [0.05, 0.1) is 18.8 Å². The van der Waals surface area contributed by atoms with Gasteiger partial charge in [-0.15, -0.1) is 0 Å². The molecule has 0 bridgehead atoms. The highest BCUT2D eigenvalue weighted by Gasteiger charge is 2.47. The molecule has 0 aromatic carbocycles. The third kappa shape index (κ3) is 6.83. The van der Waals surface area contributed by atoms with E-state index in [-0.39, 0.29) is 34.4 Å². The number of hydrogen-bond acceptors (Lipinski definition) is 6. The Morgan fingerprint density at radius 2 is 1.81 bits per heavy atom. The summed E-state index contributed by atoms with van der Waals surface area (Å²) in [6.45, 7) is 14.3. The summed E-state index contributed by atoms with van der Waals surface area (Å²) in [5.74, 6) is 1.03. The number of ether oxygens (including phenoxy) is 2. The molecule has 1 saturated heterocycles. The number of hydrogen-bond donors (Lipinski definition) is 2. The Kier molecular flexibility index (Phi) is 9.07. The molecule has 2 fully saturated rings. The monoisotopic (exact) mass is 467 g/mol. The van der Waals surface area contributed by atoms with Crippen LogP contribution in [0.1, 0.15) is 80.6 Å². The number of thiol groups is 1. The molecule has 6 nitrogen and oxygen atoms in total. The highest BCUT2D eigenvalue weighted by atomic mass is 32.1. The second kappa shape index (κ2) is 10.6. The van der Waals surface area contributed by atoms with Gasteiger partial charge in [-0.3, -0.25) is 4.90 Å². The molecule has 2 unspecified atom stereocenters. The lowest BCUT2D eigenvalue weighted by atomic mass is 9.81. The maximum atomic E-state index is 13.0.